The summed E-state index contributed by atoms with van der Waals surface area (Å²) in [7, 11) is 0. The molecule has 6 nitrogen and oxygen atoms in total. The van der Waals surface area contributed by atoms with Crippen LogP contribution in [-0.2, 0) is 11.2 Å². The molecule has 0 aliphatic rings. The van der Waals surface area contributed by atoms with E-state index in [1.165, 1.54) is 0 Å². The van der Waals surface area contributed by atoms with Gasteiger partial charge in [0.25, 0.3) is 0 Å². The highest BCUT2D eigenvalue weighted by Crippen LogP contribution is 2.19. The summed E-state index contributed by atoms with van der Waals surface area (Å²) < 4.78 is 5.23. The molecule has 1 aromatic carbocycles. The first-order valence-corrected chi connectivity index (χ1v) is 8.30. The van der Waals surface area contributed by atoms with Gasteiger partial charge in [-0.05, 0) is 49.7 Å². The van der Waals surface area contributed by atoms with Gasteiger partial charge in [-0.3, -0.25) is 4.79 Å². The minimum atomic E-state index is -0.0875. The maximum atomic E-state index is 11.9. The van der Waals surface area contributed by atoms with Crippen LogP contribution in [0.5, 0.6) is 0 Å². The van der Waals surface area contributed by atoms with Gasteiger partial charge in [0.05, 0.1) is 0 Å². The van der Waals surface area contributed by atoms with E-state index in [0.29, 0.717) is 41.8 Å². The molecule has 0 aliphatic heterocycles. The quantitative estimate of drug-likeness (QED) is 0.720. The summed E-state index contributed by atoms with van der Waals surface area (Å²) in [6, 6.07) is 12.7. The lowest BCUT2D eigenvalue weighted by molar-refractivity contribution is -0.116. The third-order valence-corrected chi connectivity index (χ3v) is 3.77. The summed E-state index contributed by atoms with van der Waals surface area (Å²) in [5.74, 6) is 1.50. The molecule has 1 amide bonds. The number of carbonyl (C=O) groups excluding carboxylic acids is 1. The number of halogens is 1. The zero-order valence-electron chi connectivity index (χ0n) is 13.7. The molecular weight excluding hydrogens is 340 g/mol. The number of aryl methyl sites for hydroxylation is 2. The summed E-state index contributed by atoms with van der Waals surface area (Å²) >= 11 is 5.86. The lowest BCUT2D eigenvalue weighted by atomic mass is 10.2. The fourth-order valence-corrected chi connectivity index (χ4v) is 2.42. The molecule has 7 heteroatoms. The van der Waals surface area contributed by atoms with Crippen LogP contribution in [0.15, 0.2) is 47.0 Å². The van der Waals surface area contributed by atoms with Gasteiger partial charge in [0, 0.05) is 29.1 Å². The Morgan fingerprint density at radius 2 is 1.96 bits per heavy atom. The zero-order valence-corrected chi connectivity index (χ0v) is 14.5. The van der Waals surface area contributed by atoms with E-state index in [0.717, 1.165) is 11.3 Å². The Hall–Kier alpha value is -2.73. The second-order valence-corrected chi connectivity index (χ2v) is 6.02. The number of benzene rings is 1. The fraction of sp³-hybridized carbons (Fsp3) is 0.222. The second kappa shape index (κ2) is 7.90. The van der Waals surface area contributed by atoms with Crippen LogP contribution in [0.1, 0.15) is 24.4 Å². The van der Waals surface area contributed by atoms with E-state index in [1.54, 1.807) is 18.2 Å². The molecule has 0 bridgehead atoms. The van der Waals surface area contributed by atoms with Crippen LogP contribution in [-0.4, -0.2) is 21.0 Å². The maximum absolute atomic E-state index is 11.9. The van der Waals surface area contributed by atoms with E-state index in [-0.39, 0.29) is 5.91 Å². The smallest absolute Gasteiger partial charge is 0.226 e. The third-order valence-electron chi connectivity index (χ3n) is 3.52. The molecule has 3 aromatic rings. The van der Waals surface area contributed by atoms with E-state index in [9.17, 15) is 4.79 Å². The molecule has 0 atom stereocenters. The van der Waals surface area contributed by atoms with E-state index in [4.69, 9.17) is 16.1 Å². The van der Waals surface area contributed by atoms with Crippen molar-refractivity contribution in [2.75, 3.05) is 5.32 Å². The normalized spacial score (nSPS) is 10.6. The number of anilines is 1. The lowest BCUT2D eigenvalue weighted by Gasteiger charge is -2.04. The molecule has 0 aliphatic carbocycles. The van der Waals surface area contributed by atoms with Crippen LogP contribution >= 0.6 is 11.6 Å². The average molecular weight is 357 g/mol. The van der Waals surface area contributed by atoms with Gasteiger partial charge in [-0.2, -0.15) is 4.98 Å². The van der Waals surface area contributed by atoms with E-state index in [2.05, 4.69) is 20.4 Å². The van der Waals surface area contributed by atoms with Crippen LogP contribution in [0.4, 0.5) is 5.82 Å². The monoisotopic (exact) mass is 356 g/mol. The number of hydrogen-bond acceptors (Lipinski definition) is 5. The largest absolute Gasteiger partial charge is 0.339 e. The first kappa shape index (κ1) is 17.1. The molecule has 0 unspecified atom stereocenters. The molecular formula is C18H17ClN4O2. The van der Waals surface area contributed by atoms with Crippen LogP contribution in [0.25, 0.3) is 11.4 Å². The Bertz CT molecular complexity index is 862. The minimum Gasteiger partial charge on any atom is -0.339 e. The number of rotatable bonds is 6. The van der Waals surface area contributed by atoms with Gasteiger partial charge >= 0.3 is 0 Å². The number of amides is 1. The Balaban J connectivity index is 1.49. The number of aromatic nitrogens is 3. The van der Waals surface area contributed by atoms with Gasteiger partial charge in [-0.25, -0.2) is 4.98 Å². The van der Waals surface area contributed by atoms with Crippen LogP contribution < -0.4 is 5.32 Å². The molecule has 0 radical (unpaired) electrons. The van der Waals surface area contributed by atoms with Gasteiger partial charge in [0.2, 0.25) is 17.6 Å². The van der Waals surface area contributed by atoms with Crippen molar-refractivity contribution in [1.82, 2.24) is 15.1 Å². The van der Waals surface area contributed by atoms with Crippen molar-refractivity contribution in [2.24, 2.45) is 0 Å². The highest BCUT2D eigenvalue weighted by molar-refractivity contribution is 6.30. The van der Waals surface area contributed by atoms with Gasteiger partial charge in [-0.15, -0.1) is 0 Å². The SMILES string of the molecule is Cc1cccc(NC(=O)CCCc2nc(-c3ccc(Cl)cc3)no2)n1. The van der Waals surface area contributed by atoms with Gasteiger partial charge in [0.1, 0.15) is 5.82 Å². The third kappa shape index (κ3) is 4.87. The van der Waals surface area contributed by atoms with Crippen molar-refractivity contribution in [2.45, 2.75) is 26.2 Å². The molecule has 0 fully saturated rings. The van der Waals surface area contributed by atoms with Crippen LogP contribution in [0.3, 0.4) is 0 Å². The summed E-state index contributed by atoms with van der Waals surface area (Å²) in [6.45, 7) is 1.88. The molecule has 128 valence electrons. The second-order valence-electron chi connectivity index (χ2n) is 5.58. The zero-order chi connectivity index (χ0) is 17.6. The van der Waals surface area contributed by atoms with Crippen molar-refractivity contribution in [3.05, 3.63) is 59.1 Å². The Labute approximate surface area is 150 Å². The van der Waals surface area contributed by atoms with Crippen molar-refractivity contribution >= 4 is 23.3 Å². The predicted octanol–water partition coefficient (Wildman–Crippen LogP) is 4.05. The number of carbonyl (C=O) groups is 1. The summed E-state index contributed by atoms with van der Waals surface area (Å²) in [5, 5.41) is 7.38. The summed E-state index contributed by atoms with van der Waals surface area (Å²) in [6.07, 6.45) is 1.50. The van der Waals surface area contributed by atoms with E-state index >= 15 is 0 Å². The van der Waals surface area contributed by atoms with Crippen LogP contribution in [0, 0.1) is 6.92 Å². The number of pyridine rings is 1. The molecule has 0 spiro atoms. The molecule has 3 rings (SSSR count). The highest BCUT2D eigenvalue weighted by atomic mass is 35.5. The fourth-order valence-electron chi connectivity index (χ4n) is 2.29. The first-order valence-electron chi connectivity index (χ1n) is 7.92. The predicted molar refractivity (Wildman–Crippen MR) is 95.3 cm³/mol. The first-order chi connectivity index (χ1) is 12.1. The standard InChI is InChI=1S/C18H17ClN4O2/c1-12-4-2-5-15(20-12)21-16(24)6-3-7-17-22-18(23-25-17)13-8-10-14(19)11-9-13/h2,4-5,8-11H,3,6-7H2,1H3,(H,20,21,24). The van der Waals surface area contributed by atoms with E-state index in [1.807, 2.05) is 31.2 Å². The average Bonchev–Trinajstić information content (AvgIpc) is 3.04. The minimum absolute atomic E-state index is 0.0875. The van der Waals surface area contributed by atoms with Crippen molar-refractivity contribution in [3.8, 4) is 11.4 Å². The molecule has 0 saturated heterocycles. The van der Waals surface area contributed by atoms with E-state index < -0.39 is 0 Å². The maximum Gasteiger partial charge on any atom is 0.226 e. The number of nitrogens with zero attached hydrogens (tertiary/aromatic N) is 3. The van der Waals surface area contributed by atoms with Crippen molar-refractivity contribution in [3.63, 3.8) is 0 Å². The molecule has 2 heterocycles. The number of hydrogen-bond donors (Lipinski definition) is 1. The summed E-state index contributed by atoms with van der Waals surface area (Å²) in [5.41, 5.74) is 1.70. The van der Waals surface area contributed by atoms with Crippen molar-refractivity contribution < 1.29 is 9.32 Å². The van der Waals surface area contributed by atoms with Gasteiger partial charge in [-0.1, -0.05) is 22.8 Å². The molecule has 2 aromatic heterocycles. The molecule has 25 heavy (non-hydrogen) atoms. The Morgan fingerprint density at radius 1 is 1.16 bits per heavy atom. The van der Waals surface area contributed by atoms with Gasteiger partial charge < -0.3 is 9.84 Å². The Kier molecular flexibility index (Phi) is 5.40. The summed E-state index contributed by atoms with van der Waals surface area (Å²) in [4.78, 5) is 20.5. The Morgan fingerprint density at radius 3 is 2.72 bits per heavy atom. The highest BCUT2D eigenvalue weighted by Gasteiger charge is 2.10. The number of nitrogens with one attached hydrogen (secondary N) is 1. The van der Waals surface area contributed by atoms with Gasteiger partial charge in [0.15, 0.2) is 0 Å². The molecule has 0 saturated carbocycles. The topological polar surface area (TPSA) is 80.9 Å². The van der Waals surface area contributed by atoms with Crippen molar-refractivity contribution in [1.29, 1.82) is 0 Å². The lowest BCUT2D eigenvalue weighted by Crippen LogP contribution is -2.12. The molecule has 1 N–H and O–H groups in total. The van der Waals surface area contributed by atoms with Crippen LogP contribution in [0.2, 0.25) is 5.02 Å².